The third kappa shape index (κ3) is 3.16. The van der Waals surface area contributed by atoms with E-state index in [4.69, 9.17) is 5.73 Å². The summed E-state index contributed by atoms with van der Waals surface area (Å²) in [6.07, 6.45) is 0. The van der Waals surface area contributed by atoms with Gasteiger partial charge in [-0.2, -0.15) is 0 Å². The summed E-state index contributed by atoms with van der Waals surface area (Å²) in [7, 11) is 0. The molecule has 0 radical (unpaired) electrons. The fourth-order valence-corrected chi connectivity index (χ4v) is 0.546. The van der Waals surface area contributed by atoms with Gasteiger partial charge in [-0.15, -0.1) is 5.92 Å². The van der Waals surface area contributed by atoms with Crippen molar-refractivity contribution in [2.75, 3.05) is 6.54 Å². The summed E-state index contributed by atoms with van der Waals surface area (Å²) in [4.78, 5) is 22.1. The number of carbonyl (C=O) groups excluding carboxylic acids is 2. The maximum Gasteiger partial charge on any atom is 0.235 e. The summed E-state index contributed by atoms with van der Waals surface area (Å²) in [5.74, 6) is 4.23. The van der Waals surface area contributed by atoms with Gasteiger partial charge in [-0.25, -0.2) is 0 Å². The lowest BCUT2D eigenvalue weighted by Crippen LogP contribution is -2.45. The lowest BCUT2D eigenvalue weighted by molar-refractivity contribution is -0.139. The van der Waals surface area contributed by atoms with Gasteiger partial charge in [-0.05, 0) is 20.8 Å². The highest BCUT2D eigenvalue weighted by molar-refractivity contribution is 6.03. The zero-order chi connectivity index (χ0) is 10.5. The number of rotatable bonds is 3. The van der Waals surface area contributed by atoms with Gasteiger partial charge in [0.25, 0.3) is 0 Å². The highest BCUT2D eigenvalue weighted by Gasteiger charge is 2.33. The number of carbonyl (C=O) groups is 2. The molecule has 0 fully saturated rings. The highest BCUT2D eigenvalue weighted by atomic mass is 16.2. The number of amides is 2. The molecule has 0 saturated carbocycles. The van der Waals surface area contributed by atoms with Crippen LogP contribution in [0.1, 0.15) is 20.8 Å². The van der Waals surface area contributed by atoms with Crippen LogP contribution >= 0.6 is 0 Å². The summed E-state index contributed by atoms with van der Waals surface area (Å²) >= 11 is 0. The fraction of sp³-hybridized carbons (Fsp3) is 0.556. The van der Waals surface area contributed by atoms with Crippen molar-refractivity contribution in [3.05, 3.63) is 0 Å². The highest BCUT2D eigenvalue weighted by Crippen LogP contribution is 2.13. The van der Waals surface area contributed by atoms with Crippen LogP contribution < -0.4 is 11.1 Å². The standard InChI is InChI=1S/C9H14N2O2/c1-4-5-6-11-8(13)9(2,3)7(10)12/h6H2,1-3H3,(H2,10,12)(H,11,13). The molecule has 0 heterocycles. The molecule has 3 N–H and O–H groups in total. The SMILES string of the molecule is CC#CCNC(=O)C(C)(C)C(N)=O. The van der Waals surface area contributed by atoms with E-state index >= 15 is 0 Å². The molecule has 0 aromatic heterocycles. The third-order valence-corrected chi connectivity index (χ3v) is 1.70. The number of hydrogen-bond acceptors (Lipinski definition) is 2. The molecule has 0 aliphatic carbocycles. The average Bonchev–Trinajstić information content (AvgIpc) is 2.04. The minimum Gasteiger partial charge on any atom is -0.369 e. The summed E-state index contributed by atoms with van der Waals surface area (Å²) in [6, 6.07) is 0. The fourth-order valence-electron chi connectivity index (χ4n) is 0.546. The monoisotopic (exact) mass is 182 g/mol. The van der Waals surface area contributed by atoms with E-state index in [1.165, 1.54) is 13.8 Å². The zero-order valence-corrected chi connectivity index (χ0v) is 8.10. The number of nitrogens with one attached hydrogen (secondary N) is 1. The molecule has 0 bridgehead atoms. The van der Waals surface area contributed by atoms with Crippen molar-refractivity contribution in [1.29, 1.82) is 0 Å². The molecular formula is C9H14N2O2. The molecule has 0 saturated heterocycles. The molecule has 0 aliphatic heterocycles. The summed E-state index contributed by atoms with van der Waals surface area (Å²) in [5, 5.41) is 2.49. The van der Waals surface area contributed by atoms with Crippen LogP contribution in [0.25, 0.3) is 0 Å². The largest absolute Gasteiger partial charge is 0.369 e. The van der Waals surface area contributed by atoms with Crippen LogP contribution in [0.4, 0.5) is 0 Å². The lowest BCUT2D eigenvalue weighted by atomic mass is 9.91. The summed E-state index contributed by atoms with van der Waals surface area (Å²) < 4.78 is 0. The minimum absolute atomic E-state index is 0.242. The van der Waals surface area contributed by atoms with Crippen molar-refractivity contribution in [2.24, 2.45) is 11.1 Å². The van der Waals surface area contributed by atoms with Crippen LogP contribution in [-0.4, -0.2) is 18.4 Å². The third-order valence-electron chi connectivity index (χ3n) is 1.70. The first-order valence-electron chi connectivity index (χ1n) is 3.90. The smallest absolute Gasteiger partial charge is 0.235 e. The second-order valence-corrected chi connectivity index (χ2v) is 3.10. The quantitative estimate of drug-likeness (QED) is 0.462. The van der Waals surface area contributed by atoms with Crippen LogP contribution in [0.2, 0.25) is 0 Å². The Kier molecular flexibility index (Phi) is 3.99. The van der Waals surface area contributed by atoms with Gasteiger partial charge in [0.1, 0.15) is 5.41 Å². The van der Waals surface area contributed by atoms with E-state index in [1.807, 2.05) is 0 Å². The lowest BCUT2D eigenvalue weighted by Gasteiger charge is -2.18. The van der Waals surface area contributed by atoms with Crippen molar-refractivity contribution in [3.8, 4) is 11.8 Å². The van der Waals surface area contributed by atoms with E-state index in [0.29, 0.717) is 0 Å². The van der Waals surface area contributed by atoms with Crippen LogP contribution in [0, 0.1) is 17.3 Å². The van der Waals surface area contributed by atoms with E-state index in [-0.39, 0.29) is 6.54 Å². The van der Waals surface area contributed by atoms with Gasteiger partial charge in [0.2, 0.25) is 11.8 Å². The van der Waals surface area contributed by atoms with Crippen LogP contribution in [0.3, 0.4) is 0 Å². The van der Waals surface area contributed by atoms with Crippen molar-refractivity contribution in [3.63, 3.8) is 0 Å². The van der Waals surface area contributed by atoms with Crippen molar-refractivity contribution in [2.45, 2.75) is 20.8 Å². The van der Waals surface area contributed by atoms with Crippen molar-refractivity contribution >= 4 is 11.8 Å². The molecule has 72 valence electrons. The second kappa shape index (κ2) is 4.51. The summed E-state index contributed by atoms with van der Waals surface area (Å²) in [6.45, 7) is 4.87. The number of hydrogen-bond donors (Lipinski definition) is 2. The van der Waals surface area contributed by atoms with Crippen LogP contribution in [0.15, 0.2) is 0 Å². The van der Waals surface area contributed by atoms with Gasteiger partial charge in [0.15, 0.2) is 0 Å². The van der Waals surface area contributed by atoms with Gasteiger partial charge < -0.3 is 11.1 Å². The van der Waals surface area contributed by atoms with E-state index in [2.05, 4.69) is 17.2 Å². The predicted octanol–water partition coefficient (Wildman–Crippen LogP) is -0.363. The molecule has 0 spiro atoms. The normalized spacial score (nSPS) is 9.77. The first-order chi connectivity index (χ1) is 5.92. The zero-order valence-electron chi connectivity index (χ0n) is 8.10. The van der Waals surface area contributed by atoms with E-state index in [0.717, 1.165) is 0 Å². The summed E-state index contributed by atoms with van der Waals surface area (Å²) in [5.41, 5.74) is 3.87. The Bertz CT molecular complexity index is 271. The van der Waals surface area contributed by atoms with E-state index in [1.54, 1.807) is 6.92 Å². The predicted molar refractivity (Wildman–Crippen MR) is 49.4 cm³/mol. The Morgan fingerprint density at radius 2 is 2.00 bits per heavy atom. The molecule has 4 nitrogen and oxygen atoms in total. The molecule has 13 heavy (non-hydrogen) atoms. The molecule has 0 rings (SSSR count). The number of nitrogens with two attached hydrogens (primary N) is 1. The molecule has 0 aliphatic rings. The van der Waals surface area contributed by atoms with Crippen molar-refractivity contribution < 1.29 is 9.59 Å². The van der Waals surface area contributed by atoms with Crippen molar-refractivity contribution in [1.82, 2.24) is 5.32 Å². The molecular weight excluding hydrogens is 168 g/mol. The Morgan fingerprint density at radius 1 is 1.46 bits per heavy atom. The average molecular weight is 182 g/mol. The van der Waals surface area contributed by atoms with Crippen LogP contribution in [-0.2, 0) is 9.59 Å². The van der Waals surface area contributed by atoms with Crippen LogP contribution in [0.5, 0.6) is 0 Å². The first kappa shape index (κ1) is 11.5. The molecule has 0 atom stereocenters. The van der Waals surface area contributed by atoms with E-state index < -0.39 is 17.2 Å². The minimum atomic E-state index is -1.17. The topological polar surface area (TPSA) is 72.2 Å². The first-order valence-corrected chi connectivity index (χ1v) is 3.90. The molecule has 0 unspecified atom stereocenters. The Labute approximate surface area is 77.9 Å². The maximum absolute atomic E-state index is 11.3. The number of primary amides is 1. The Hall–Kier alpha value is -1.50. The maximum atomic E-state index is 11.3. The van der Waals surface area contributed by atoms with Gasteiger partial charge in [-0.3, -0.25) is 9.59 Å². The molecule has 0 aromatic rings. The molecule has 0 aromatic carbocycles. The van der Waals surface area contributed by atoms with Gasteiger partial charge in [-0.1, -0.05) is 5.92 Å². The Morgan fingerprint density at radius 3 is 2.38 bits per heavy atom. The second-order valence-electron chi connectivity index (χ2n) is 3.10. The molecule has 4 heteroatoms. The Balaban J connectivity index is 4.23. The van der Waals surface area contributed by atoms with Gasteiger partial charge >= 0.3 is 0 Å². The van der Waals surface area contributed by atoms with Gasteiger partial charge in [0, 0.05) is 0 Å². The van der Waals surface area contributed by atoms with Gasteiger partial charge in [0.05, 0.1) is 6.54 Å². The molecule has 2 amide bonds. The van der Waals surface area contributed by atoms with E-state index in [9.17, 15) is 9.59 Å².